The Hall–Kier alpha value is -5.85. The number of anilines is 2. The Labute approximate surface area is 385 Å². The number of rotatable bonds is 16. The summed E-state index contributed by atoms with van der Waals surface area (Å²) in [6, 6.07) is 14.3. The van der Waals surface area contributed by atoms with Crippen LogP contribution in [0.4, 0.5) is 45.5 Å². The molecule has 0 aliphatic carbocycles. The molecule has 61 heavy (non-hydrogen) atoms. The van der Waals surface area contributed by atoms with Crippen molar-refractivity contribution in [2.45, 2.75) is 36.5 Å². The molecule has 2 amide bonds. The van der Waals surface area contributed by atoms with Gasteiger partial charge in [-0.25, -0.2) is 16.8 Å². The van der Waals surface area contributed by atoms with Crippen LogP contribution in [-0.2, 0) is 39.4 Å². The van der Waals surface area contributed by atoms with E-state index >= 15 is 0 Å². The number of carbonyl (C=O) groups is 4. The number of ether oxygens (including phenoxy) is 2. The van der Waals surface area contributed by atoms with Crippen molar-refractivity contribution in [3.63, 3.8) is 0 Å². The normalized spacial score (nSPS) is 11.1. The fourth-order valence-electron chi connectivity index (χ4n) is 4.67. The van der Waals surface area contributed by atoms with Crippen LogP contribution < -0.4 is 20.1 Å². The second-order valence-electron chi connectivity index (χ2n) is 11.7. The molecule has 0 fully saturated rings. The van der Waals surface area contributed by atoms with E-state index in [1.807, 2.05) is 0 Å². The van der Waals surface area contributed by atoms with Gasteiger partial charge in [0.1, 0.15) is 53.1 Å². The average molecular weight is 1010 g/mol. The number of amides is 2. The van der Waals surface area contributed by atoms with E-state index in [4.69, 9.17) is 9.47 Å². The van der Waals surface area contributed by atoms with Gasteiger partial charge in [-0.15, -0.1) is 10.2 Å². The van der Waals surface area contributed by atoms with Gasteiger partial charge in [-0.1, -0.05) is 12.1 Å². The molecule has 0 atom stereocenters. The first kappa shape index (κ1) is 51.3. The molecule has 0 aliphatic heterocycles. The van der Waals surface area contributed by atoms with Gasteiger partial charge in [0.2, 0.25) is 11.8 Å². The molecular formula is C34H30BaN8O16S2. The minimum Gasteiger partial charge on any atom is -0.744 e. The summed E-state index contributed by atoms with van der Waals surface area (Å²) in [6.07, 6.45) is -0.721. The van der Waals surface area contributed by atoms with Crippen molar-refractivity contribution in [1.82, 2.24) is 0 Å². The monoisotopic (exact) mass is 1010 g/mol. The molecule has 0 radical (unpaired) electrons. The number of nitro benzene ring substituents is 2. The summed E-state index contributed by atoms with van der Waals surface area (Å²) in [4.78, 5) is 63.7. The number of methoxy groups -OCH3 is 2. The molecule has 316 valence electrons. The first-order valence-electron chi connectivity index (χ1n) is 16.3. The van der Waals surface area contributed by atoms with Crippen LogP contribution in [0.3, 0.4) is 0 Å². The van der Waals surface area contributed by atoms with Gasteiger partial charge in [-0.2, -0.15) is 10.2 Å². The first-order valence-corrected chi connectivity index (χ1v) is 19.1. The van der Waals surface area contributed by atoms with Crippen molar-refractivity contribution >= 4 is 138 Å². The molecule has 2 N–H and O–H groups in total. The fraction of sp³-hybridized carbons (Fsp3) is 0.176. The molecule has 0 saturated heterocycles. The van der Waals surface area contributed by atoms with Crippen LogP contribution in [0.5, 0.6) is 11.5 Å². The van der Waals surface area contributed by atoms with Crippen LogP contribution in [0.1, 0.15) is 26.7 Å². The van der Waals surface area contributed by atoms with Crippen LogP contribution in [-0.4, -0.2) is 122 Å². The van der Waals surface area contributed by atoms with E-state index < -0.39 is 63.1 Å². The van der Waals surface area contributed by atoms with Crippen LogP contribution in [0.2, 0.25) is 0 Å². The number of hydrogen-bond acceptors (Lipinski definition) is 20. The predicted octanol–water partition coefficient (Wildman–Crippen LogP) is 5.30. The molecule has 4 aromatic rings. The van der Waals surface area contributed by atoms with Gasteiger partial charge >= 0.3 is 48.9 Å². The summed E-state index contributed by atoms with van der Waals surface area (Å²) in [5.41, 5.74) is -1.71. The zero-order chi connectivity index (χ0) is 44.9. The van der Waals surface area contributed by atoms with E-state index in [1.54, 1.807) is 12.1 Å². The number of nitro groups is 2. The maximum atomic E-state index is 11.9. The van der Waals surface area contributed by atoms with E-state index in [2.05, 4.69) is 31.1 Å². The van der Waals surface area contributed by atoms with E-state index in [0.717, 1.165) is 24.3 Å². The zero-order valence-corrected chi connectivity index (χ0v) is 38.2. The molecule has 4 aromatic carbocycles. The Kier molecular flexibility index (Phi) is 19.1. The Bertz CT molecular complexity index is 2480. The van der Waals surface area contributed by atoms with Crippen molar-refractivity contribution in [1.29, 1.82) is 0 Å². The largest absolute Gasteiger partial charge is 2.00 e. The zero-order valence-electron chi connectivity index (χ0n) is 32.1. The molecule has 0 saturated carbocycles. The quantitative estimate of drug-likeness (QED) is 0.0359. The molecule has 0 heterocycles. The van der Waals surface area contributed by atoms with Crippen molar-refractivity contribution in [3.8, 4) is 11.5 Å². The molecule has 0 bridgehead atoms. The van der Waals surface area contributed by atoms with Crippen molar-refractivity contribution < 1.29 is 64.4 Å². The van der Waals surface area contributed by atoms with Crippen LogP contribution in [0.25, 0.3) is 0 Å². The second-order valence-corrected chi connectivity index (χ2v) is 14.4. The van der Waals surface area contributed by atoms with Gasteiger partial charge in [0.25, 0.3) is 11.4 Å². The van der Waals surface area contributed by atoms with Crippen molar-refractivity contribution in [2.24, 2.45) is 20.5 Å². The van der Waals surface area contributed by atoms with Crippen molar-refractivity contribution in [3.05, 3.63) is 93.0 Å². The smallest absolute Gasteiger partial charge is 0.744 e. The number of Topliss-reactive ketones (excluding diaryl/α,β-unsaturated/α-hetero) is 2. The number of nitrogens with one attached hydrogen (secondary N) is 2. The standard InChI is InChI=1S/2C17H16N4O8S.Ba/c2*1-10(22)8-16(23)18-12-4-3-5-14(29-2)17(12)20-19-11-6-7-13(21(24)25)15(9-11)30(26,27)28;/h2*3-7,9H,8H2,1-2H3,(H,18,23)(H,26,27,28);/q;;+2/p-2. The minimum atomic E-state index is -5.14. The van der Waals surface area contributed by atoms with Gasteiger partial charge in [0, 0.05) is 12.1 Å². The summed E-state index contributed by atoms with van der Waals surface area (Å²) < 4.78 is 78.2. The first-order chi connectivity index (χ1) is 28.0. The summed E-state index contributed by atoms with van der Waals surface area (Å²) in [5, 5.41) is 42.2. The fourth-order valence-corrected chi connectivity index (χ4v) is 6.00. The molecular weight excluding hydrogens is 978 g/mol. The third-order valence-electron chi connectivity index (χ3n) is 7.15. The van der Waals surface area contributed by atoms with Gasteiger partial charge in [0.15, 0.2) is 11.4 Å². The number of azo groups is 2. The van der Waals surface area contributed by atoms with E-state index in [1.165, 1.54) is 52.3 Å². The predicted molar refractivity (Wildman–Crippen MR) is 210 cm³/mol. The Morgan fingerprint density at radius 1 is 0.607 bits per heavy atom. The second kappa shape index (κ2) is 22.7. The average Bonchev–Trinajstić information content (AvgIpc) is 3.15. The third kappa shape index (κ3) is 15.3. The molecule has 0 aromatic heterocycles. The van der Waals surface area contributed by atoms with E-state index in [-0.39, 0.29) is 119 Å². The van der Waals surface area contributed by atoms with Crippen LogP contribution in [0.15, 0.2) is 103 Å². The summed E-state index contributed by atoms with van der Waals surface area (Å²) in [5.74, 6) is -1.51. The Morgan fingerprint density at radius 2 is 0.951 bits per heavy atom. The van der Waals surface area contributed by atoms with Crippen LogP contribution >= 0.6 is 0 Å². The molecule has 0 spiro atoms. The van der Waals surface area contributed by atoms with Gasteiger partial charge in [-0.3, -0.25) is 39.4 Å². The summed E-state index contributed by atoms with van der Waals surface area (Å²) in [7, 11) is -7.61. The minimum absolute atomic E-state index is 0. The maximum Gasteiger partial charge on any atom is 2.00 e. The summed E-state index contributed by atoms with van der Waals surface area (Å²) >= 11 is 0. The summed E-state index contributed by atoms with van der Waals surface area (Å²) in [6.45, 7) is 2.50. The number of carbonyl (C=O) groups excluding carboxylic acids is 4. The maximum absolute atomic E-state index is 11.9. The van der Waals surface area contributed by atoms with E-state index in [9.17, 15) is 65.3 Å². The molecule has 0 unspecified atom stereocenters. The number of nitrogens with zero attached hydrogens (tertiary/aromatic N) is 6. The topological polar surface area (TPSA) is 361 Å². The Balaban J connectivity index is 0.000000413. The SMILES string of the molecule is COc1cccc(NC(=O)CC(C)=O)c1N=Nc1ccc([N+](=O)[O-])c(S(=O)(=O)[O-])c1.COc1cccc(NC(=O)CC(C)=O)c1N=Nc1ccc([N+](=O)[O-])c(S(=O)(=O)[O-])c1.[Ba+2]. The van der Waals surface area contributed by atoms with Crippen molar-refractivity contribution in [2.75, 3.05) is 24.9 Å². The van der Waals surface area contributed by atoms with Gasteiger partial charge in [0.05, 0.1) is 59.7 Å². The molecule has 4 rings (SSSR count). The number of ketones is 2. The van der Waals surface area contributed by atoms with Gasteiger partial charge in [-0.05, 0) is 62.4 Å². The van der Waals surface area contributed by atoms with Crippen LogP contribution in [0, 0.1) is 20.2 Å². The third-order valence-corrected chi connectivity index (χ3v) is 8.89. The molecule has 0 aliphatic rings. The number of benzene rings is 4. The van der Waals surface area contributed by atoms with E-state index in [0.29, 0.717) is 12.1 Å². The molecule has 24 nitrogen and oxygen atoms in total. The number of hydrogen-bond donors (Lipinski definition) is 2. The Morgan fingerprint density at radius 3 is 1.23 bits per heavy atom. The molecule has 27 heteroatoms. The van der Waals surface area contributed by atoms with Gasteiger partial charge < -0.3 is 29.2 Å².